The monoisotopic (exact) mass is 390 g/mol. The van der Waals surface area contributed by atoms with Crippen molar-refractivity contribution in [2.45, 2.75) is 63.5 Å². The lowest BCUT2D eigenvalue weighted by atomic mass is 9.73. The number of nitriles is 1. The summed E-state index contributed by atoms with van der Waals surface area (Å²) in [6.07, 6.45) is 4.98. The van der Waals surface area contributed by atoms with Crippen molar-refractivity contribution in [2.75, 3.05) is 13.2 Å². The number of hydrogen-bond acceptors (Lipinski definition) is 6. The van der Waals surface area contributed by atoms with Crippen LogP contribution >= 0.6 is 0 Å². The first kappa shape index (κ1) is 20.1. The number of urea groups is 1. The lowest BCUT2D eigenvalue weighted by molar-refractivity contribution is -0.151. The minimum Gasteiger partial charge on any atom is -0.454 e. The van der Waals surface area contributed by atoms with Crippen molar-refractivity contribution in [1.29, 1.82) is 5.26 Å². The summed E-state index contributed by atoms with van der Waals surface area (Å²) in [4.78, 5) is 50.0. The van der Waals surface area contributed by atoms with Gasteiger partial charge in [0.15, 0.2) is 6.61 Å². The number of rotatable bonds is 6. The molecule has 2 saturated carbocycles. The molecular weight excluding hydrogens is 364 g/mol. The maximum absolute atomic E-state index is 12.8. The van der Waals surface area contributed by atoms with E-state index < -0.39 is 48.0 Å². The number of imide groups is 1. The first-order valence-electron chi connectivity index (χ1n) is 9.74. The normalized spacial score (nSPS) is 29.0. The Morgan fingerprint density at radius 3 is 2.68 bits per heavy atom. The highest BCUT2D eigenvalue weighted by molar-refractivity contribution is 6.09. The summed E-state index contributed by atoms with van der Waals surface area (Å²) >= 11 is 0. The molecule has 1 saturated heterocycles. The van der Waals surface area contributed by atoms with E-state index in [9.17, 15) is 24.4 Å². The first-order valence-corrected chi connectivity index (χ1v) is 9.74. The first-order chi connectivity index (χ1) is 13.2. The summed E-state index contributed by atoms with van der Waals surface area (Å²) in [5, 5.41) is 14.6. The molecule has 28 heavy (non-hydrogen) atoms. The van der Waals surface area contributed by atoms with Gasteiger partial charge in [-0.1, -0.05) is 19.8 Å². The van der Waals surface area contributed by atoms with Gasteiger partial charge in [0.1, 0.15) is 17.6 Å². The molecule has 3 atom stereocenters. The van der Waals surface area contributed by atoms with Gasteiger partial charge in [-0.2, -0.15) is 5.26 Å². The van der Waals surface area contributed by atoms with E-state index in [0.29, 0.717) is 6.42 Å². The molecule has 1 heterocycles. The number of amides is 4. The zero-order chi connectivity index (χ0) is 20.5. The van der Waals surface area contributed by atoms with Gasteiger partial charge in [-0.15, -0.1) is 0 Å². The zero-order valence-electron chi connectivity index (χ0n) is 16.2. The van der Waals surface area contributed by atoms with Crippen LogP contribution in [-0.2, 0) is 19.1 Å². The molecule has 9 heteroatoms. The van der Waals surface area contributed by atoms with Crippen molar-refractivity contribution in [3.8, 4) is 6.07 Å². The smallest absolute Gasteiger partial charge is 0.326 e. The molecule has 4 amide bonds. The molecule has 3 aliphatic rings. The van der Waals surface area contributed by atoms with Crippen LogP contribution in [0.2, 0.25) is 0 Å². The predicted octanol–water partition coefficient (Wildman–Crippen LogP) is 0.839. The van der Waals surface area contributed by atoms with Gasteiger partial charge in [-0.05, 0) is 44.4 Å². The molecule has 1 aliphatic heterocycles. The van der Waals surface area contributed by atoms with Crippen LogP contribution in [0.15, 0.2) is 0 Å². The van der Waals surface area contributed by atoms with E-state index in [4.69, 9.17) is 4.74 Å². The second kappa shape index (κ2) is 7.41. The molecule has 3 rings (SSSR count). The maximum Gasteiger partial charge on any atom is 0.326 e. The summed E-state index contributed by atoms with van der Waals surface area (Å²) in [6, 6.07) is 1.48. The average Bonchev–Trinajstić information content (AvgIpc) is 3.48. The maximum atomic E-state index is 12.8. The molecule has 9 nitrogen and oxygen atoms in total. The summed E-state index contributed by atoms with van der Waals surface area (Å²) in [5.41, 5.74) is -1.91. The Balaban J connectivity index is 1.52. The van der Waals surface area contributed by atoms with Crippen molar-refractivity contribution < 1.29 is 23.9 Å². The minimum atomic E-state index is -0.974. The van der Waals surface area contributed by atoms with Crippen LogP contribution in [0, 0.1) is 23.2 Å². The van der Waals surface area contributed by atoms with E-state index in [2.05, 4.69) is 16.7 Å². The van der Waals surface area contributed by atoms with Crippen LogP contribution in [0.3, 0.4) is 0 Å². The fourth-order valence-corrected chi connectivity index (χ4v) is 4.17. The molecule has 152 valence electrons. The molecule has 0 bridgehead atoms. The van der Waals surface area contributed by atoms with Gasteiger partial charge in [0.25, 0.3) is 11.8 Å². The van der Waals surface area contributed by atoms with E-state index in [-0.39, 0.29) is 11.8 Å². The third-order valence-corrected chi connectivity index (χ3v) is 6.18. The lowest BCUT2D eigenvalue weighted by Gasteiger charge is -2.36. The molecule has 0 aromatic heterocycles. The highest BCUT2D eigenvalue weighted by atomic mass is 16.5. The van der Waals surface area contributed by atoms with Gasteiger partial charge in [0, 0.05) is 0 Å². The number of carbonyl (C=O) groups is 4. The Bertz CT molecular complexity index is 743. The summed E-state index contributed by atoms with van der Waals surface area (Å²) in [7, 11) is 0. The van der Waals surface area contributed by atoms with Crippen LogP contribution in [0.25, 0.3) is 0 Å². The summed E-state index contributed by atoms with van der Waals surface area (Å²) in [6.45, 7) is 2.47. The third-order valence-electron chi connectivity index (χ3n) is 6.18. The Labute approximate surface area is 163 Å². The van der Waals surface area contributed by atoms with E-state index in [1.54, 1.807) is 6.92 Å². The topological polar surface area (TPSA) is 129 Å². The Morgan fingerprint density at radius 1 is 1.36 bits per heavy atom. The van der Waals surface area contributed by atoms with E-state index in [1.165, 1.54) is 0 Å². The molecule has 0 radical (unpaired) electrons. The quantitative estimate of drug-likeness (QED) is 0.511. The molecule has 2 aliphatic carbocycles. The van der Waals surface area contributed by atoms with Gasteiger partial charge >= 0.3 is 12.0 Å². The molecule has 0 aromatic rings. The van der Waals surface area contributed by atoms with Crippen LogP contribution < -0.4 is 10.6 Å². The molecule has 0 unspecified atom stereocenters. The van der Waals surface area contributed by atoms with Gasteiger partial charge in [0.05, 0.1) is 6.07 Å². The second-order valence-corrected chi connectivity index (χ2v) is 8.24. The average molecular weight is 390 g/mol. The van der Waals surface area contributed by atoms with E-state index in [1.807, 2.05) is 6.92 Å². The van der Waals surface area contributed by atoms with E-state index in [0.717, 1.165) is 37.0 Å². The van der Waals surface area contributed by atoms with Crippen molar-refractivity contribution in [1.82, 2.24) is 15.5 Å². The van der Waals surface area contributed by atoms with Crippen molar-refractivity contribution >= 4 is 23.8 Å². The lowest BCUT2D eigenvalue weighted by Crippen LogP contribution is -2.54. The fraction of sp³-hybridized carbons (Fsp3) is 0.737. The van der Waals surface area contributed by atoms with Crippen molar-refractivity contribution in [3.63, 3.8) is 0 Å². The van der Waals surface area contributed by atoms with Gasteiger partial charge in [-0.25, -0.2) is 4.79 Å². The summed E-state index contributed by atoms with van der Waals surface area (Å²) < 4.78 is 4.92. The number of nitrogens with zero attached hydrogens (tertiary/aromatic N) is 2. The van der Waals surface area contributed by atoms with Gasteiger partial charge < -0.3 is 15.4 Å². The molecule has 1 spiro atoms. The molecular formula is C19H26N4O5. The number of hydrogen-bond donors (Lipinski definition) is 2. The minimum absolute atomic E-state index is 0.00409. The number of esters is 1. The highest BCUT2D eigenvalue weighted by Crippen LogP contribution is 2.39. The predicted molar refractivity (Wildman–Crippen MR) is 96.5 cm³/mol. The Hall–Kier alpha value is -2.63. The summed E-state index contributed by atoms with van der Waals surface area (Å²) in [5.74, 6) is -1.73. The van der Waals surface area contributed by atoms with Gasteiger partial charge in [0.2, 0.25) is 0 Å². The van der Waals surface area contributed by atoms with Crippen LogP contribution in [0.4, 0.5) is 4.79 Å². The molecule has 3 fully saturated rings. The van der Waals surface area contributed by atoms with Crippen LogP contribution in [0.1, 0.15) is 52.4 Å². The number of nitrogens with one attached hydrogen (secondary N) is 2. The number of ether oxygens (including phenoxy) is 1. The van der Waals surface area contributed by atoms with Crippen LogP contribution in [0.5, 0.6) is 0 Å². The SMILES string of the molecule is C[C@H]1CCCC[C@]12NC(=O)N(CC(=O)OCC(=O)N[C@@](C)(C#N)C1CC1)C2=O. The second-order valence-electron chi connectivity index (χ2n) is 8.24. The zero-order valence-corrected chi connectivity index (χ0v) is 16.2. The largest absolute Gasteiger partial charge is 0.454 e. The fourth-order valence-electron chi connectivity index (χ4n) is 4.17. The van der Waals surface area contributed by atoms with E-state index >= 15 is 0 Å². The molecule has 0 aromatic carbocycles. The highest BCUT2D eigenvalue weighted by Gasteiger charge is 2.55. The third kappa shape index (κ3) is 3.68. The number of carbonyl (C=O) groups excluding carboxylic acids is 4. The molecule has 2 N–H and O–H groups in total. The van der Waals surface area contributed by atoms with Crippen LogP contribution in [-0.4, -0.2) is 52.9 Å². The van der Waals surface area contributed by atoms with Crippen molar-refractivity contribution in [3.05, 3.63) is 0 Å². The van der Waals surface area contributed by atoms with Gasteiger partial charge in [-0.3, -0.25) is 19.3 Å². The standard InChI is InChI=1S/C19H26N4O5/c1-12-5-3-4-8-19(12)16(26)23(17(27)22-19)9-15(25)28-10-14(24)21-18(2,11-20)13-6-7-13/h12-13H,3-10H2,1-2H3,(H,21,24)(H,22,27)/t12-,18-,19-/m0/s1. The van der Waals surface area contributed by atoms with Crippen molar-refractivity contribution in [2.24, 2.45) is 11.8 Å². The Morgan fingerprint density at radius 2 is 2.07 bits per heavy atom. The Kier molecular flexibility index (Phi) is 5.33.